The van der Waals surface area contributed by atoms with Gasteiger partial charge in [-0.3, -0.25) is 14.3 Å². The lowest BCUT2D eigenvalue weighted by Gasteiger charge is -2.11. The number of allylic oxidation sites excluding steroid dienone is 1. The summed E-state index contributed by atoms with van der Waals surface area (Å²) in [5.41, 5.74) is 4.02. The Morgan fingerprint density at radius 3 is 2.53 bits per heavy atom. The first kappa shape index (κ1) is 21.5. The molecule has 1 N–H and O–H groups in total. The van der Waals surface area contributed by atoms with Crippen molar-refractivity contribution in [2.45, 2.75) is 18.1 Å². The molecule has 32 heavy (non-hydrogen) atoms. The van der Waals surface area contributed by atoms with Crippen molar-refractivity contribution >= 4 is 23.4 Å². The van der Waals surface area contributed by atoms with E-state index in [1.165, 1.54) is 17.3 Å². The fourth-order valence-corrected chi connectivity index (χ4v) is 4.08. The van der Waals surface area contributed by atoms with E-state index in [1.807, 2.05) is 59.2 Å². The number of pyridine rings is 1. The minimum Gasteiger partial charge on any atom is -0.325 e. The van der Waals surface area contributed by atoms with Crippen molar-refractivity contribution < 1.29 is 4.79 Å². The monoisotopic (exact) mass is 441 g/mol. The summed E-state index contributed by atoms with van der Waals surface area (Å²) in [6.07, 6.45) is 5.98. The van der Waals surface area contributed by atoms with Gasteiger partial charge < -0.3 is 5.32 Å². The van der Waals surface area contributed by atoms with Crippen LogP contribution in [0.3, 0.4) is 0 Å². The summed E-state index contributed by atoms with van der Waals surface area (Å²) in [5, 5.41) is 12.3. The molecule has 0 fully saturated rings. The minimum atomic E-state index is -0.0888. The number of benzene rings is 2. The molecule has 1 amide bonds. The van der Waals surface area contributed by atoms with Crippen LogP contribution >= 0.6 is 11.8 Å². The average molecular weight is 442 g/mol. The molecule has 0 unspecified atom stereocenters. The highest BCUT2D eigenvalue weighted by Gasteiger charge is 2.15. The van der Waals surface area contributed by atoms with Crippen LogP contribution in [0.25, 0.3) is 11.4 Å². The number of anilines is 1. The molecule has 0 spiro atoms. The van der Waals surface area contributed by atoms with Gasteiger partial charge in [-0.15, -0.1) is 16.8 Å². The van der Waals surface area contributed by atoms with E-state index >= 15 is 0 Å². The van der Waals surface area contributed by atoms with E-state index in [9.17, 15) is 4.79 Å². The SMILES string of the molecule is C=CCn1c(SCC(=O)Nc2ccccc2Cc2ccccc2)nnc1-c1ccncc1. The number of amides is 1. The predicted molar refractivity (Wildman–Crippen MR) is 128 cm³/mol. The van der Waals surface area contributed by atoms with Crippen LogP contribution in [0.2, 0.25) is 0 Å². The van der Waals surface area contributed by atoms with Gasteiger partial charge in [-0.1, -0.05) is 66.4 Å². The van der Waals surface area contributed by atoms with Crippen LogP contribution in [-0.4, -0.2) is 31.4 Å². The van der Waals surface area contributed by atoms with Gasteiger partial charge in [-0.2, -0.15) is 0 Å². The molecule has 7 heteroatoms. The van der Waals surface area contributed by atoms with E-state index in [1.54, 1.807) is 18.5 Å². The van der Waals surface area contributed by atoms with E-state index in [-0.39, 0.29) is 11.7 Å². The van der Waals surface area contributed by atoms with Gasteiger partial charge in [-0.25, -0.2) is 0 Å². The fourth-order valence-electron chi connectivity index (χ4n) is 3.33. The maximum absolute atomic E-state index is 12.7. The zero-order valence-electron chi connectivity index (χ0n) is 17.5. The molecule has 0 bridgehead atoms. The number of aromatic nitrogens is 4. The molecule has 2 aromatic heterocycles. The van der Waals surface area contributed by atoms with Crippen LogP contribution in [0.15, 0.2) is 96.9 Å². The van der Waals surface area contributed by atoms with Crippen molar-refractivity contribution in [3.8, 4) is 11.4 Å². The van der Waals surface area contributed by atoms with Gasteiger partial charge in [0, 0.05) is 30.2 Å². The van der Waals surface area contributed by atoms with Crippen LogP contribution in [0.1, 0.15) is 11.1 Å². The minimum absolute atomic E-state index is 0.0888. The van der Waals surface area contributed by atoms with Crippen LogP contribution in [0, 0.1) is 0 Å². The zero-order valence-corrected chi connectivity index (χ0v) is 18.3. The molecule has 0 aliphatic heterocycles. The highest BCUT2D eigenvalue weighted by atomic mass is 32.2. The summed E-state index contributed by atoms with van der Waals surface area (Å²) >= 11 is 1.35. The van der Waals surface area contributed by atoms with Crippen LogP contribution < -0.4 is 5.32 Å². The number of carbonyl (C=O) groups is 1. The Hall–Kier alpha value is -3.71. The summed E-state index contributed by atoms with van der Waals surface area (Å²) < 4.78 is 1.95. The number of thioether (sulfide) groups is 1. The Balaban J connectivity index is 1.44. The van der Waals surface area contributed by atoms with Gasteiger partial charge in [-0.05, 0) is 35.7 Å². The maximum Gasteiger partial charge on any atom is 0.234 e. The molecule has 4 aromatic rings. The number of nitrogens with zero attached hydrogens (tertiary/aromatic N) is 4. The third-order valence-electron chi connectivity index (χ3n) is 4.83. The quantitative estimate of drug-likeness (QED) is 0.297. The lowest BCUT2D eigenvalue weighted by Crippen LogP contribution is -2.16. The molecule has 0 saturated carbocycles. The third-order valence-corrected chi connectivity index (χ3v) is 5.80. The Labute approximate surface area is 191 Å². The maximum atomic E-state index is 12.7. The normalized spacial score (nSPS) is 10.6. The van der Waals surface area contributed by atoms with Crippen molar-refractivity contribution in [3.05, 3.63) is 103 Å². The van der Waals surface area contributed by atoms with Crippen molar-refractivity contribution in [3.63, 3.8) is 0 Å². The second-order valence-electron chi connectivity index (χ2n) is 7.10. The number of hydrogen-bond donors (Lipinski definition) is 1. The van der Waals surface area contributed by atoms with Crippen molar-refractivity contribution in [2.75, 3.05) is 11.1 Å². The summed E-state index contributed by atoms with van der Waals surface area (Å²) in [5.74, 6) is 0.864. The number of rotatable bonds is 9. The average Bonchev–Trinajstić information content (AvgIpc) is 3.23. The lowest BCUT2D eigenvalue weighted by molar-refractivity contribution is -0.113. The molecule has 0 aliphatic carbocycles. The molecule has 6 nitrogen and oxygen atoms in total. The van der Waals surface area contributed by atoms with Gasteiger partial charge in [0.25, 0.3) is 0 Å². The van der Waals surface area contributed by atoms with Crippen molar-refractivity contribution in [2.24, 2.45) is 0 Å². The Morgan fingerprint density at radius 2 is 1.75 bits per heavy atom. The van der Waals surface area contributed by atoms with Crippen molar-refractivity contribution in [1.82, 2.24) is 19.7 Å². The Bertz CT molecular complexity index is 1190. The molecular weight excluding hydrogens is 418 g/mol. The van der Waals surface area contributed by atoms with Gasteiger partial charge in [0.15, 0.2) is 11.0 Å². The largest absolute Gasteiger partial charge is 0.325 e. The number of para-hydroxylation sites is 1. The standard InChI is InChI=1S/C25H23N5OS/c1-2-16-30-24(20-12-14-26-15-13-20)28-29-25(30)32-18-23(31)27-22-11-7-6-10-21(22)17-19-8-4-3-5-9-19/h2-15H,1,16-18H2,(H,27,31). The third kappa shape index (κ3) is 5.31. The highest BCUT2D eigenvalue weighted by molar-refractivity contribution is 7.99. The molecule has 160 valence electrons. The van der Waals surface area contributed by atoms with E-state index in [2.05, 4.69) is 39.2 Å². The van der Waals surface area contributed by atoms with E-state index < -0.39 is 0 Å². The second kappa shape index (κ2) is 10.5. The van der Waals surface area contributed by atoms with Gasteiger partial charge in [0.2, 0.25) is 5.91 Å². The molecule has 0 radical (unpaired) electrons. The first-order valence-corrected chi connectivity index (χ1v) is 11.2. The van der Waals surface area contributed by atoms with Crippen molar-refractivity contribution in [1.29, 1.82) is 0 Å². The van der Waals surface area contributed by atoms with Crippen LogP contribution in [0.4, 0.5) is 5.69 Å². The smallest absolute Gasteiger partial charge is 0.234 e. The molecule has 4 rings (SSSR count). The highest BCUT2D eigenvalue weighted by Crippen LogP contribution is 2.24. The number of nitrogens with one attached hydrogen (secondary N) is 1. The molecule has 0 atom stereocenters. The fraction of sp³-hybridized carbons (Fsp3) is 0.120. The summed E-state index contributed by atoms with van der Waals surface area (Å²) in [6.45, 7) is 4.38. The molecule has 2 aromatic carbocycles. The Morgan fingerprint density at radius 1 is 1.00 bits per heavy atom. The van der Waals surface area contributed by atoms with Crippen LogP contribution in [-0.2, 0) is 17.8 Å². The summed E-state index contributed by atoms with van der Waals surface area (Å²) in [4.78, 5) is 16.8. The molecule has 0 saturated heterocycles. The molecular formula is C25H23N5OS. The van der Waals surface area contributed by atoms with E-state index in [0.29, 0.717) is 11.7 Å². The molecule has 0 aliphatic rings. The number of carbonyl (C=O) groups excluding carboxylic acids is 1. The topological polar surface area (TPSA) is 72.7 Å². The Kier molecular flexibility index (Phi) is 7.09. The predicted octanol–water partition coefficient (Wildman–Crippen LogP) is 4.85. The van der Waals surface area contributed by atoms with E-state index in [0.717, 1.165) is 29.1 Å². The summed E-state index contributed by atoms with van der Waals surface area (Å²) in [7, 11) is 0. The summed E-state index contributed by atoms with van der Waals surface area (Å²) in [6, 6.07) is 21.9. The lowest BCUT2D eigenvalue weighted by atomic mass is 10.0. The van der Waals surface area contributed by atoms with Gasteiger partial charge in [0.1, 0.15) is 0 Å². The van der Waals surface area contributed by atoms with E-state index in [4.69, 9.17) is 0 Å². The van der Waals surface area contributed by atoms with Crippen LogP contribution in [0.5, 0.6) is 0 Å². The first-order chi connectivity index (χ1) is 15.7. The molecule has 2 heterocycles. The van der Waals surface area contributed by atoms with Gasteiger partial charge >= 0.3 is 0 Å². The second-order valence-corrected chi connectivity index (χ2v) is 8.04. The first-order valence-electron chi connectivity index (χ1n) is 10.2. The zero-order chi connectivity index (χ0) is 22.2. The van der Waals surface area contributed by atoms with Gasteiger partial charge in [0.05, 0.1) is 5.75 Å². The number of hydrogen-bond acceptors (Lipinski definition) is 5.